The molecule has 0 aliphatic heterocycles. The van der Waals surface area contributed by atoms with Crippen LogP contribution in [0.4, 0.5) is 4.39 Å². The summed E-state index contributed by atoms with van der Waals surface area (Å²) in [4.78, 5) is 0. The van der Waals surface area contributed by atoms with Gasteiger partial charge < -0.3 is 5.32 Å². The standard InChI is InChI=1S/C18H21BrFN/c1-4-9-21-18(14-6-5-12(2)17(19)11-14)16-8-7-15(20)10-13(16)3/h5-8,10-11,18,21H,4,9H2,1-3H3. The summed E-state index contributed by atoms with van der Waals surface area (Å²) in [6, 6.07) is 11.5. The number of aryl methyl sites for hydroxylation is 2. The molecule has 0 aliphatic rings. The van der Waals surface area contributed by atoms with Gasteiger partial charge in [-0.05, 0) is 67.3 Å². The molecule has 2 aromatic carbocycles. The van der Waals surface area contributed by atoms with Crippen molar-refractivity contribution in [2.75, 3.05) is 6.54 Å². The lowest BCUT2D eigenvalue weighted by Gasteiger charge is -2.22. The minimum absolute atomic E-state index is 0.0856. The molecule has 2 rings (SSSR count). The molecule has 1 N–H and O–H groups in total. The van der Waals surface area contributed by atoms with Crippen molar-refractivity contribution in [2.45, 2.75) is 33.2 Å². The maximum atomic E-state index is 13.4. The molecule has 0 fully saturated rings. The highest BCUT2D eigenvalue weighted by Gasteiger charge is 2.16. The maximum Gasteiger partial charge on any atom is 0.123 e. The van der Waals surface area contributed by atoms with Crippen molar-refractivity contribution < 1.29 is 4.39 Å². The molecule has 1 unspecified atom stereocenters. The molecular weight excluding hydrogens is 329 g/mol. The van der Waals surface area contributed by atoms with Crippen molar-refractivity contribution in [3.63, 3.8) is 0 Å². The lowest BCUT2D eigenvalue weighted by atomic mass is 9.94. The van der Waals surface area contributed by atoms with Crippen molar-refractivity contribution in [3.05, 3.63) is 68.9 Å². The molecule has 1 atom stereocenters. The molecule has 3 heteroatoms. The highest BCUT2D eigenvalue weighted by Crippen LogP contribution is 2.28. The second-order valence-corrected chi connectivity index (χ2v) is 6.25. The fraction of sp³-hybridized carbons (Fsp3) is 0.333. The average Bonchev–Trinajstić information content (AvgIpc) is 2.44. The normalized spacial score (nSPS) is 12.4. The Kier molecular flexibility index (Phi) is 5.54. The Morgan fingerprint density at radius 2 is 1.86 bits per heavy atom. The Balaban J connectivity index is 2.44. The third kappa shape index (κ3) is 3.92. The Bertz CT molecular complexity index is 625. The summed E-state index contributed by atoms with van der Waals surface area (Å²) < 4.78 is 14.5. The van der Waals surface area contributed by atoms with E-state index in [1.807, 2.05) is 13.0 Å². The summed E-state index contributed by atoms with van der Waals surface area (Å²) >= 11 is 3.60. The first kappa shape index (κ1) is 16.2. The van der Waals surface area contributed by atoms with E-state index in [2.05, 4.69) is 53.3 Å². The van der Waals surface area contributed by atoms with Crippen molar-refractivity contribution in [2.24, 2.45) is 0 Å². The van der Waals surface area contributed by atoms with Gasteiger partial charge in [0.25, 0.3) is 0 Å². The molecule has 0 amide bonds. The molecule has 0 saturated carbocycles. The fourth-order valence-electron chi connectivity index (χ4n) is 2.45. The van der Waals surface area contributed by atoms with Crippen LogP contribution in [0.25, 0.3) is 0 Å². The SMILES string of the molecule is CCCNC(c1ccc(C)c(Br)c1)c1ccc(F)cc1C. The zero-order valence-corrected chi connectivity index (χ0v) is 14.3. The van der Waals surface area contributed by atoms with E-state index < -0.39 is 0 Å². The topological polar surface area (TPSA) is 12.0 Å². The first-order chi connectivity index (χ1) is 10.0. The molecule has 0 aromatic heterocycles. The van der Waals surface area contributed by atoms with Gasteiger partial charge in [-0.1, -0.05) is 41.1 Å². The van der Waals surface area contributed by atoms with Crippen molar-refractivity contribution >= 4 is 15.9 Å². The summed E-state index contributed by atoms with van der Waals surface area (Å²) in [5.74, 6) is -0.185. The molecule has 0 aliphatic carbocycles. The molecule has 0 heterocycles. The average molecular weight is 350 g/mol. The second-order valence-electron chi connectivity index (χ2n) is 5.40. The summed E-state index contributed by atoms with van der Waals surface area (Å²) in [6.45, 7) is 7.10. The number of hydrogen-bond acceptors (Lipinski definition) is 1. The van der Waals surface area contributed by atoms with E-state index in [0.29, 0.717) is 0 Å². The maximum absolute atomic E-state index is 13.4. The van der Waals surface area contributed by atoms with E-state index in [0.717, 1.165) is 28.6 Å². The molecule has 112 valence electrons. The first-order valence-electron chi connectivity index (χ1n) is 7.28. The monoisotopic (exact) mass is 349 g/mol. The Morgan fingerprint density at radius 1 is 1.10 bits per heavy atom. The molecule has 0 radical (unpaired) electrons. The van der Waals surface area contributed by atoms with E-state index in [-0.39, 0.29) is 11.9 Å². The summed E-state index contributed by atoms with van der Waals surface area (Å²) in [6.07, 6.45) is 1.06. The van der Waals surface area contributed by atoms with E-state index in [9.17, 15) is 4.39 Å². The van der Waals surface area contributed by atoms with Crippen LogP contribution in [0.2, 0.25) is 0 Å². The van der Waals surface area contributed by atoms with Gasteiger partial charge in [-0.15, -0.1) is 0 Å². The van der Waals surface area contributed by atoms with Crippen LogP contribution in [0.15, 0.2) is 40.9 Å². The van der Waals surface area contributed by atoms with Crippen LogP contribution in [-0.4, -0.2) is 6.54 Å². The van der Waals surface area contributed by atoms with Gasteiger partial charge in [0.05, 0.1) is 6.04 Å². The first-order valence-corrected chi connectivity index (χ1v) is 8.07. The van der Waals surface area contributed by atoms with Crippen molar-refractivity contribution in [1.82, 2.24) is 5.32 Å². The number of benzene rings is 2. The van der Waals surface area contributed by atoms with Crippen LogP contribution in [0.1, 0.15) is 41.6 Å². The van der Waals surface area contributed by atoms with Crippen LogP contribution in [0.3, 0.4) is 0 Å². The summed E-state index contributed by atoms with van der Waals surface area (Å²) in [5, 5.41) is 3.57. The third-order valence-corrected chi connectivity index (χ3v) is 4.52. The Hall–Kier alpha value is -1.19. The second kappa shape index (κ2) is 7.19. The minimum atomic E-state index is -0.185. The number of hydrogen-bond donors (Lipinski definition) is 1. The van der Waals surface area contributed by atoms with Crippen molar-refractivity contribution in [3.8, 4) is 0 Å². The van der Waals surface area contributed by atoms with E-state index in [1.54, 1.807) is 6.07 Å². The predicted octanol–water partition coefficient (Wildman–Crippen LogP) is 5.29. The number of nitrogens with one attached hydrogen (secondary N) is 1. The zero-order chi connectivity index (χ0) is 15.4. The van der Waals surface area contributed by atoms with Gasteiger partial charge in [0.2, 0.25) is 0 Å². The zero-order valence-electron chi connectivity index (χ0n) is 12.7. The van der Waals surface area contributed by atoms with Gasteiger partial charge in [0, 0.05) is 4.47 Å². The van der Waals surface area contributed by atoms with Gasteiger partial charge in [-0.3, -0.25) is 0 Å². The van der Waals surface area contributed by atoms with Crippen LogP contribution < -0.4 is 5.32 Å². The number of rotatable bonds is 5. The van der Waals surface area contributed by atoms with E-state index >= 15 is 0 Å². The quantitative estimate of drug-likeness (QED) is 0.772. The predicted molar refractivity (Wildman–Crippen MR) is 90.2 cm³/mol. The molecule has 21 heavy (non-hydrogen) atoms. The Labute approximate surface area is 134 Å². The van der Waals surface area contributed by atoms with Gasteiger partial charge in [-0.25, -0.2) is 4.39 Å². The largest absolute Gasteiger partial charge is 0.306 e. The summed E-state index contributed by atoms with van der Waals surface area (Å²) in [5.41, 5.74) is 4.50. The van der Waals surface area contributed by atoms with Gasteiger partial charge in [0.15, 0.2) is 0 Å². The van der Waals surface area contributed by atoms with E-state index in [1.165, 1.54) is 17.2 Å². The number of halogens is 2. The smallest absolute Gasteiger partial charge is 0.123 e. The highest BCUT2D eigenvalue weighted by molar-refractivity contribution is 9.10. The highest BCUT2D eigenvalue weighted by atomic mass is 79.9. The molecule has 0 saturated heterocycles. The van der Waals surface area contributed by atoms with Gasteiger partial charge in [0.1, 0.15) is 5.82 Å². The molecule has 1 nitrogen and oxygen atoms in total. The molecule has 2 aromatic rings. The van der Waals surface area contributed by atoms with Crippen molar-refractivity contribution in [1.29, 1.82) is 0 Å². The lowest BCUT2D eigenvalue weighted by molar-refractivity contribution is 0.589. The van der Waals surface area contributed by atoms with E-state index in [4.69, 9.17) is 0 Å². The molecule has 0 bridgehead atoms. The van der Waals surface area contributed by atoms with Crippen LogP contribution in [-0.2, 0) is 0 Å². The molecule has 0 spiro atoms. The minimum Gasteiger partial charge on any atom is -0.306 e. The third-order valence-electron chi connectivity index (χ3n) is 3.67. The van der Waals surface area contributed by atoms with Crippen LogP contribution in [0.5, 0.6) is 0 Å². The summed E-state index contributed by atoms with van der Waals surface area (Å²) in [7, 11) is 0. The molecular formula is C18H21BrFN. The fourth-order valence-corrected chi connectivity index (χ4v) is 2.84. The van der Waals surface area contributed by atoms with Gasteiger partial charge >= 0.3 is 0 Å². The Morgan fingerprint density at radius 3 is 2.48 bits per heavy atom. The van der Waals surface area contributed by atoms with Crippen LogP contribution in [0, 0.1) is 19.7 Å². The van der Waals surface area contributed by atoms with Crippen LogP contribution >= 0.6 is 15.9 Å². The lowest BCUT2D eigenvalue weighted by Crippen LogP contribution is -2.24. The van der Waals surface area contributed by atoms with Gasteiger partial charge in [-0.2, -0.15) is 0 Å².